The highest BCUT2D eigenvalue weighted by molar-refractivity contribution is 6.11. The average molecular weight is 726 g/mol. The second-order valence-corrected chi connectivity index (χ2v) is 14.6. The second kappa shape index (κ2) is 13.6. The molecule has 0 N–H and O–H groups in total. The van der Waals surface area contributed by atoms with Crippen molar-refractivity contribution in [3.8, 4) is 61.8 Å². The minimum absolute atomic E-state index is 0.706. The van der Waals surface area contributed by atoms with Crippen LogP contribution in [0.4, 0.5) is 0 Å². The number of fused-ring (bicyclic) bond motifs is 5. The SMILES string of the molecule is c1ccc(-c2nc(-c3ccc(-c4ccc5ccccc5c4)cc3)cc(-c3ccc(-c4ccc(-n5c6ccccc6c6ccccc65)c5ccccc45)cc3)n2)cc1. The number of aromatic nitrogens is 3. The number of rotatable bonds is 6. The van der Waals surface area contributed by atoms with Crippen LogP contribution in [-0.2, 0) is 0 Å². The molecule has 0 unspecified atom stereocenters. The molecule has 9 aromatic carbocycles. The zero-order chi connectivity index (χ0) is 37.7. The van der Waals surface area contributed by atoms with Crippen LogP contribution >= 0.6 is 0 Å². The Morgan fingerprint density at radius 1 is 0.298 bits per heavy atom. The molecule has 3 heteroatoms. The van der Waals surface area contributed by atoms with Crippen molar-refractivity contribution in [2.45, 2.75) is 0 Å². The lowest BCUT2D eigenvalue weighted by Crippen LogP contribution is -1.97. The van der Waals surface area contributed by atoms with Gasteiger partial charge in [0.2, 0.25) is 0 Å². The minimum atomic E-state index is 0.706. The number of nitrogens with zero attached hydrogens (tertiary/aromatic N) is 3. The van der Waals surface area contributed by atoms with Gasteiger partial charge in [-0.2, -0.15) is 0 Å². The van der Waals surface area contributed by atoms with E-state index in [0.29, 0.717) is 5.82 Å². The summed E-state index contributed by atoms with van der Waals surface area (Å²) in [5.41, 5.74) is 13.2. The first-order valence-electron chi connectivity index (χ1n) is 19.4. The molecule has 0 atom stereocenters. The van der Waals surface area contributed by atoms with E-state index in [1.165, 1.54) is 65.7 Å². The van der Waals surface area contributed by atoms with E-state index in [0.717, 1.165) is 33.6 Å². The Labute approximate surface area is 330 Å². The van der Waals surface area contributed by atoms with Crippen LogP contribution in [0.15, 0.2) is 212 Å². The molecule has 0 aliphatic rings. The highest BCUT2D eigenvalue weighted by Crippen LogP contribution is 2.39. The van der Waals surface area contributed by atoms with Crippen LogP contribution in [0, 0.1) is 0 Å². The predicted molar refractivity (Wildman–Crippen MR) is 239 cm³/mol. The van der Waals surface area contributed by atoms with Gasteiger partial charge in [0, 0.05) is 32.8 Å². The van der Waals surface area contributed by atoms with Crippen LogP contribution in [0.1, 0.15) is 0 Å². The normalized spacial score (nSPS) is 11.5. The van der Waals surface area contributed by atoms with Gasteiger partial charge in [-0.05, 0) is 68.7 Å². The van der Waals surface area contributed by atoms with Gasteiger partial charge in [0.15, 0.2) is 5.82 Å². The lowest BCUT2D eigenvalue weighted by atomic mass is 9.95. The van der Waals surface area contributed by atoms with Crippen molar-refractivity contribution in [1.82, 2.24) is 14.5 Å². The summed E-state index contributed by atoms with van der Waals surface area (Å²) in [7, 11) is 0. The molecule has 0 radical (unpaired) electrons. The standard InChI is InChI=1S/C54H35N3/c1-2-13-41(14-3-1)54-55-49(39-27-22-37(23-28-39)43-31-24-36-12-4-5-15-42(36)34-43)35-50(56-54)40-29-25-38(26-30-40)44-32-33-53(46-17-7-6-16-45(44)46)57-51-20-10-8-18-47(51)48-19-9-11-21-52(48)57/h1-35H. The molecule has 2 aromatic heterocycles. The lowest BCUT2D eigenvalue weighted by molar-refractivity contribution is 1.18. The largest absolute Gasteiger partial charge is 0.309 e. The highest BCUT2D eigenvalue weighted by atomic mass is 15.0. The molecule has 0 saturated heterocycles. The number of para-hydroxylation sites is 2. The maximum Gasteiger partial charge on any atom is 0.160 e. The molecule has 0 amide bonds. The summed E-state index contributed by atoms with van der Waals surface area (Å²) >= 11 is 0. The molecule has 57 heavy (non-hydrogen) atoms. The number of hydrogen-bond acceptors (Lipinski definition) is 2. The molecular weight excluding hydrogens is 691 g/mol. The summed E-state index contributed by atoms with van der Waals surface area (Å²) < 4.78 is 2.41. The summed E-state index contributed by atoms with van der Waals surface area (Å²) in [6, 6.07) is 75.7. The third-order valence-corrected chi connectivity index (χ3v) is 11.2. The van der Waals surface area contributed by atoms with Gasteiger partial charge >= 0.3 is 0 Å². The van der Waals surface area contributed by atoms with Gasteiger partial charge in [0.05, 0.1) is 28.1 Å². The van der Waals surface area contributed by atoms with Crippen LogP contribution in [0.25, 0.3) is 105 Å². The van der Waals surface area contributed by atoms with E-state index in [4.69, 9.17) is 9.97 Å². The van der Waals surface area contributed by atoms with Gasteiger partial charge in [-0.15, -0.1) is 0 Å². The van der Waals surface area contributed by atoms with E-state index >= 15 is 0 Å². The molecule has 0 spiro atoms. The van der Waals surface area contributed by atoms with E-state index in [1.54, 1.807) is 0 Å². The van der Waals surface area contributed by atoms with Crippen molar-refractivity contribution in [1.29, 1.82) is 0 Å². The molecule has 11 aromatic rings. The topological polar surface area (TPSA) is 30.7 Å². The van der Waals surface area contributed by atoms with Crippen LogP contribution in [0.2, 0.25) is 0 Å². The molecule has 0 aliphatic carbocycles. The Hall–Kier alpha value is -7.62. The van der Waals surface area contributed by atoms with Crippen molar-refractivity contribution in [2.24, 2.45) is 0 Å². The molecule has 266 valence electrons. The predicted octanol–water partition coefficient (Wildman–Crippen LogP) is 14.2. The average Bonchev–Trinajstić information content (AvgIpc) is 3.63. The fourth-order valence-corrected chi connectivity index (χ4v) is 8.39. The Morgan fingerprint density at radius 2 is 0.807 bits per heavy atom. The van der Waals surface area contributed by atoms with Crippen molar-refractivity contribution in [3.05, 3.63) is 212 Å². The third kappa shape index (κ3) is 5.76. The van der Waals surface area contributed by atoms with Crippen LogP contribution < -0.4 is 0 Å². The summed E-state index contributed by atoms with van der Waals surface area (Å²) in [4.78, 5) is 10.2. The van der Waals surface area contributed by atoms with Crippen LogP contribution in [0.5, 0.6) is 0 Å². The van der Waals surface area contributed by atoms with Crippen LogP contribution in [-0.4, -0.2) is 14.5 Å². The molecule has 2 heterocycles. The monoisotopic (exact) mass is 725 g/mol. The number of hydrogen-bond donors (Lipinski definition) is 0. The summed E-state index contributed by atoms with van der Waals surface area (Å²) in [6.45, 7) is 0. The van der Waals surface area contributed by atoms with Gasteiger partial charge in [-0.25, -0.2) is 9.97 Å². The first-order valence-corrected chi connectivity index (χ1v) is 19.4. The first-order chi connectivity index (χ1) is 28.2. The summed E-state index contributed by atoms with van der Waals surface area (Å²) in [6.07, 6.45) is 0. The van der Waals surface area contributed by atoms with Crippen LogP contribution in [0.3, 0.4) is 0 Å². The molecule has 11 rings (SSSR count). The zero-order valence-electron chi connectivity index (χ0n) is 31.0. The van der Waals surface area contributed by atoms with E-state index < -0.39 is 0 Å². The zero-order valence-corrected chi connectivity index (χ0v) is 31.0. The van der Waals surface area contributed by atoms with Gasteiger partial charge < -0.3 is 4.57 Å². The summed E-state index contributed by atoms with van der Waals surface area (Å²) in [5.74, 6) is 0.706. The van der Waals surface area contributed by atoms with E-state index in [9.17, 15) is 0 Å². The van der Waals surface area contributed by atoms with Crippen molar-refractivity contribution < 1.29 is 0 Å². The Bertz CT molecular complexity index is 3220. The highest BCUT2D eigenvalue weighted by Gasteiger charge is 2.16. The molecular formula is C54H35N3. The smallest absolute Gasteiger partial charge is 0.160 e. The molecule has 0 saturated carbocycles. The Morgan fingerprint density at radius 3 is 1.47 bits per heavy atom. The summed E-state index contributed by atoms with van der Waals surface area (Å²) in [5, 5.41) is 7.44. The van der Waals surface area contributed by atoms with E-state index in [1.807, 2.05) is 18.2 Å². The van der Waals surface area contributed by atoms with Gasteiger partial charge in [0.1, 0.15) is 0 Å². The first kappa shape index (κ1) is 32.8. The fourth-order valence-electron chi connectivity index (χ4n) is 8.39. The molecule has 0 bridgehead atoms. The number of benzene rings is 9. The quantitative estimate of drug-likeness (QED) is 0.171. The van der Waals surface area contributed by atoms with Gasteiger partial charge in [0.25, 0.3) is 0 Å². The minimum Gasteiger partial charge on any atom is -0.309 e. The second-order valence-electron chi connectivity index (χ2n) is 14.6. The Kier molecular flexibility index (Phi) is 7.82. The van der Waals surface area contributed by atoms with Gasteiger partial charge in [-0.1, -0.05) is 182 Å². The molecule has 3 nitrogen and oxygen atoms in total. The van der Waals surface area contributed by atoms with Crippen molar-refractivity contribution in [2.75, 3.05) is 0 Å². The maximum atomic E-state index is 5.12. The third-order valence-electron chi connectivity index (χ3n) is 11.2. The molecule has 0 fully saturated rings. The Balaban J connectivity index is 0.974. The maximum absolute atomic E-state index is 5.12. The van der Waals surface area contributed by atoms with Crippen molar-refractivity contribution in [3.63, 3.8) is 0 Å². The van der Waals surface area contributed by atoms with Gasteiger partial charge in [-0.3, -0.25) is 0 Å². The van der Waals surface area contributed by atoms with Crippen molar-refractivity contribution >= 4 is 43.4 Å². The lowest BCUT2D eigenvalue weighted by Gasteiger charge is -2.15. The molecule has 0 aliphatic heterocycles. The van der Waals surface area contributed by atoms with E-state index in [-0.39, 0.29) is 0 Å². The van der Waals surface area contributed by atoms with E-state index in [2.05, 4.69) is 199 Å². The fraction of sp³-hybridized carbons (Fsp3) is 0.